The summed E-state index contributed by atoms with van der Waals surface area (Å²) in [4.78, 5) is 24.7. The van der Waals surface area contributed by atoms with E-state index < -0.39 is 10.0 Å². The summed E-state index contributed by atoms with van der Waals surface area (Å²) in [5.41, 5.74) is 2.45. The molecule has 1 aliphatic heterocycles. The molecule has 33 heavy (non-hydrogen) atoms. The second kappa shape index (κ2) is 9.89. The first-order valence-electron chi connectivity index (χ1n) is 11.3. The molecule has 2 aromatic carbocycles. The summed E-state index contributed by atoms with van der Waals surface area (Å²) < 4.78 is 27.7. The third-order valence-electron chi connectivity index (χ3n) is 5.90. The number of anilines is 1. The van der Waals surface area contributed by atoms with E-state index in [1.54, 1.807) is 49.4 Å². The number of aryl methyl sites for hydroxylation is 1. The van der Waals surface area contributed by atoms with E-state index in [9.17, 15) is 18.0 Å². The average molecular weight is 468 g/mol. The molecule has 1 saturated carbocycles. The molecule has 2 aromatic rings. The highest BCUT2D eigenvalue weighted by molar-refractivity contribution is 7.89. The van der Waals surface area contributed by atoms with Crippen LogP contribution in [0.5, 0.6) is 0 Å². The third-order valence-corrected chi connectivity index (χ3v) is 7.94. The van der Waals surface area contributed by atoms with E-state index in [1.807, 2.05) is 0 Å². The van der Waals surface area contributed by atoms with E-state index >= 15 is 0 Å². The van der Waals surface area contributed by atoms with Crippen molar-refractivity contribution < 1.29 is 18.0 Å². The van der Waals surface area contributed by atoms with Crippen LogP contribution in [0.3, 0.4) is 0 Å². The highest BCUT2D eigenvalue weighted by Crippen LogP contribution is 2.26. The Bertz CT molecular complexity index is 1160. The maximum Gasteiger partial charge on any atom is 0.251 e. The zero-order valence-electron chi connectivity index (χ0n) is 18.7. The van der Waals surface area contributed by atoms with Gasteiger partial charge >= 0.3 is 0 Å². The van der Waals surface area contributed by atoms with Crippen molar-refractivity contribution in [2.24, 2.45) is 0 Å². The molecule has 4 rings (SSSR count). The molecule has 2 fully saturated rings. The minimum Gasteiger partial charge on any atom is -0.349 e. The molecule has 8 heteroatoms. The number of hydrogen-bond donors (Lipinski definition) is 2. The molecule has 1 heterocycles. The van der Waals surface area contributed by atoms with Crippen molar-refractivity contribution in [1.29, 1.82) is 0 Å². The van der Waals surface area contributed by atoms with Gasteiger partial charge in [0.2, 0.25) is 15.9 Å². The van der Waals surface area contributed by atoms with Gasteiger partial charge in [0, 0.05) is 36.5 Å². The molecule has 0 atom stereocenters. The number of nitrogens with zero attached hydrogens (tertiary/aromatic N) is 1. The predicted molar refractivity (Wildman–Crippen MR) is 128 cm³/mol. The van der Waals surface area contributed by atoms with Gasteiger partial charge in [0.15, 0.2) is 0 Å². The molecule has 1 aliphatic carbocycles. The molecule has 2 aliphatic rings. The van der Waals surface area contributed by atoms with Crippen molar-refractivity contribution in [2.75, 3.05) is 18.4 Å². The van der Waals surface area contributed by atoms with Gasteiger partial charge in [0.1, 0.15) is 0 Å². The van der Waals surface area contributed by atoms with Crippen molar-refractivity contribution in [1.82, 2.24) is 9.62 Å². The minimum atomic E-state index is -3.59. The number of piperidine rings is 1. The number of hydrogen-bond acceptors (Lipinski definition) is 4. The molecular weight excluding hydrogens is 438 g/mol. The molecule has 7 nitrogen and oxygen atoms in total. The van der Waals surface area contributed by atoms with Gasteiger partial charge in [-0.1, -0.05) is 24.6 Å². The zero-order valence-corrected chi connectivity index (χ0v) is 19.5. The normalized spacial score (nSPS) is 17.1. The molecule has 0 unspecified atom stereocenters. The number of carbonyl (C=O) groups is 2. The summed E-state index contributed by atoms with van der Waals surface area (Å²) in [6.07, 6.45) is 7.89. The lowest BCUT2D eigenvalue weighted by Gasteiger charge is -2.26. The van der Waals surface area contributed by atoms with Gasteiger partial charge in [0.05, 0.1) is 4.90 Å². The molecular formula is C25H29N3O4S. The minimum absolute atomic E-state index is 0.0829. The Labute approximate surface area is 194 Å². The summed E-state index contributed by atoms with van der Waals surface area (Å²) >= 11 is 0. The number of rotatable bonds is 7. The van der Waals surface area contributed by atoms with E-state index in [-0.39, 0.29) is 16.7 Å². The van der Waals surface area contributed by atoms with Crippen LogP contribution in [0.2, 0.25) is 0 Å². The molecule has 0 bridgehead atoms. The summed E-state index contributed by atoms with van der Waals surface area (Å²) in [7, 11) is -3.59. The lowest BCUT2D eigenvalue weighted by atomic mass is 10.1. The summed E-state index contributed by atoms with van der Waals surface area (Å²) in [5, 5.41) is 5.68. The molecule has 2 N–H and O–H groups in total. The maximum atomic E-state index is 13.1. The Kier molecular flexibility index (Phi) is 6.95. The third kappa shape index (κ3) is 5.89. The smallest absolute Gasteiger partial charge is 0.251 e. The first-order valence-corrected chi connectivity index (χ1v) is 12.8. The number of nitrogens with one attached hydrogen (secondary N) is 2. The Morgan fingerprint density at radius 1 is 1.00 bits per heavy atom. The Balaban J connectivity index is 1.40. The predicted octanol–water partition coefficient (Wildman–Crippen LogP) is 3.71. The molecule has 0 radical (unpaired) electrons. The Morgan fingerprint density at radius 3 is 2.36 bits per heavy atom. The van der Waals surface area contributed by atoms with Gasteiger partial charge in [0.25, 0.3) is 5.91 Å². The SMILES string of the molecule is Cc1ccc(NC(=O)/C=C/c2ccc(C(=O)NC3CC3)cc2)cc1S(=O)(=O)N1CCCCC1. The van der Waals surface area contributed by atoms with Crippen LogP contribution < -0.4 is 10.6 Å². The van der Waals surface area contributed by atoms with E-state index in [4.69, 9.17) is 0 Å². The summed E-state index contributed by atoms with van der Waals surface area (Å²) in [6.45, 7) is 2.82. The molecule has 0 aromatic heterocycles. The standard InChI is InChI=1S/C25H29N3O4S/c1-18-5-11-22(17-23(18)33(31,32)28-15-3-2-4-16-28)26-24(29)14-8-19-6-9-20(10-7-19)25(30)27-21-12-13-21/h5-11,14,17,21H,2-4,12-13,15-16H2,1H3,(H,26,29)(H,27,30)/b14-8+. The summed E-state index contributed by atoms with van der Waals surface area (Å²) in [5.74, 6) is -0.448. The van der Waals surface area contributed by atoms with E-state index in [0.29, 0.717) is 35.9 Å². The monoisotopic (exact) mass is 467 g/mol. The van der Waals surface area contributed by atoms with Gasteiger partial charge < -0.3 is 10.6 Å². The second-order valence-corrected chi connectivity index (χ2v) is 10.5. The number of carbonyl (C=O) groups excluding carboxylic acids is 2. The first-order chi connectivity index (χ1) is 15.8. The highest BCUT2D eigenvalue weighted by atomic mass is 32.2. The molecule has 0 spiro atoms. The molecule has 174 valence electrons. The van der Waals surface area contributed by atoms with E-state index in [2.05, 4.69) is 10.6 Å². The largest absolute Gasteiger partial charge is 0.349 e. The van der Waals surface area contributed by atoms with Crippen molar-refractivity contribution in [3.05, 3.63) is 65.2 Å². The molecule has 2 amide bonds. The van der Waals surface area contributed by atoms with Crippen LogP contribution in [0.25, 0.3) is 6.08 Å². The Morgan fingerprint density at radius 2 is 1.70 bits per heavy atom. The van der Waals surface area contributed by atoms with Crippen LogP contribution in [-0.4, -0.2) is 43.7 Å². The van der Waals surface area contributed by atoms with Crippen LogP contribution in [0, 0.1) is 6.92 Å². The van der Waals surface area contributed by atoms with Gasteiger partial charge in [-0.3, -0.25) is 9.59 Å². The fourth-order valence-corrected chi connectivity index (χ4v) is 5.57. The number of amides is 2. The van der Waals surface area contributed by atoms with Crippen molar-refractivity contribution in [2.45, 2.75) is 50.0 Å². The van der Waals surface area contributed by atoms with E-state index in [1.165, 1.54) is 16.4 Å². The molecule has 1 saturated heterocycles. The van der Waals surface area contributed by atoms with Gasteiger partial charge in [-0.15, -0.1) is 0 Å². The number of benzene rings is 2. The van der Waals surface area contributed by atoms with Crippen LogP contribution >= 0.6 is 0 Å². The quantitative estimate of drug-likeness (QED) is 0.607. The van der Waals surface area contributed by atoms with Crippen molar-refractivity contribution in [3.63, 3.8) is 0 Å². The topological polar surface area (TPSA) is 95.6 Å². The van der Waals surface area contributed by atoms with Crippen LogP contribution in [0.4, 0.5) is 5.69 Å². The van der Waals surface area contributed by atoms with Gasteiger partial charge in [-0.2, -0.15) is 4.31 Å². The van der Waals surface area contributed by atoms with Crippen molar-refractivity contribution >= 4 is 33.6 Å². The van der Waals surface area contributed by atoms with Crippen LogP contribution in [-0.2, 0) is 14.8 Å². The van der Waals surface area contributed by atoms with E-state index in [0.717, 1.165) is 37.7 Å². The van der Waals surface area contributed by atoms with Crippen LogP contribution in [0.15, 0.2) is 53.4 Å². The lowest BCUT2D eigenvalue weighted by Crippen LogP contribution is -2.36. The van der Waals surface area contributed by atoms with Gasteiger partial charge in [-0.25, -0.2) is 8.42 Å². The fraction of sp³-hybridized carbons (Fsp3) is 0.360. The highest BCUT2D eigenvalue weighted by Gasteiger charge is 2.27. The van der Waals surface area contributed by atoms with Crippen LogP contribution in [0.1, 0.15) is 53.6 Å². The maximum absolute atomic E-state index is 13.1. The second-order valence-electron chi connectivity index (χ2n) is 8.64. The fourth-order valence-electron chi connectivity index (χ4n) is 3.80. The average Bonchev–Trinajstić information content (AvgIpc) is 3.64. The van der Waals surface area contributed by atoms with Gasteiger partial charge in [-0.05, 0) is 74.1 Å². The lowest BCUT2D eigenvalue weighted by molar-refractivity contribution is -0.111. The first kappa shape index (κ1) is 23.2. The zero-order chi connectivity index (χ0) is 23.4. The summed E-state index contributed by atoms with van der Waals surface area (Å²) in [6, 6.07) is 12.3. The van der Waals surface area contributed by atoms with Crippen molar-refractivity contribution in [3.8, 4) is 0 Å². The Hall–Kier alpha value is -2.97. The number of sulfonamides is 1.